The minimum absolute atomic E-state index is 0.205. The summed E-state index contributed by atoms with van der Waals surface area (Å²) in [4.78, 5) is 0. The summed E-state index contributed by atoms with van der Waals surface area (Å²) < 4.78 is 11.4. The summed E-state index contributed by atoms with van der Waals surface area (Å²) >= 11 is 2.08. The Morgan fingerprint density at radius 1 is 1.44 bits per heavy atom. The minimum atomic E-state index is 0.205. The van der Waals surface area contributed by atoms with Crippen molar-refractivity contribution in [1.29, 1.82) is 0 Å². The highest BCUT2D eigenvalue weighted by molar-refractivity contribution is 7.99. The zero-order valence-corrected chi connectivity index (χ0v) is 12.6. The summed E-state index contributed by atoms with van der Waals surface area (Å²) in [6.45, 7) is 1.80. The Kier molecular flexibility index (Phi) is 5.80. The fraction of sp³-hybridized carbons (Fsp3) is 1.00. The van der Waals surface area contributed by atoms with Crippen LogP contribution in [0.1, 0.15) is 32.1 Å². The van der Waals surface area contributed by atoms with E-state index in [1.54, 1.807) is 7.11 Å². The van der Waals surface area contributed by atoms with Crippen LogP contribution in [0.4, 0.5) is 0 Å². The number of hydrogen-bond acceptors (Lipinski definition) is 4. The lowest BCUT2D eigenvalue weighted by atomic mass is 9.78. The Morgan fingerprint density at radius 3 is 2.89 bits per heavy atom. The molecule has 2 rings (SSSR count). The molecule has 106 valence electrons. The first-order chi connectivity index (χ1) is 8.79. The molecule has 18 heavy (non-hydrogen) atoms. The van der Waals surface area contributed by atoms with E-state index in [2.05, 4.69) is 24.1 Å². The van der Waals surface area contributed by atoms with Crippen LogP contribution in [0.15, 0.2) is 0 Å². The highest BCUT2D eigenvalue weighted by Gasteiger charge is 2.40. The third-order valence-corrected chi connectivity index (χ3v) is 5.49. The average molecular weight is 273 g/mol. The van der Waals surface area contributed by atoms with E-state index in [9.17, 15) is 0 Å². The molecule has 0 aromatic heterocycles. The molecule has 2 unspecified atom stereocenters. The molecule has 3 nitrogen and oxygen atoms in total. The molecule has 0 bridgehead atoms. The third kappa shape index (κ3) is 3.62. The lowest BCUT2D eigenvalue weighted by molar-refractivity contribution is -0.107. The van der Waals surface area contributed by atoms with Crippen molar-refractivity contribution in [2.75, 3.05) is 38.9 Å². The molecule has 0 aromatic carbocycles. The van der Waals surface area contributed by atoms with Crippen LogP contribution in [-0.4, -0.2) is 50.5 Å². The molecule has 1 N–H and O–H groups in total. The molecule has 2 saturated heterocycles. The number of rotatable bonds is 5. The van der Waals surface area contributed by atoms with Gasteiger partial charge in [-0.15, -0.1) is 0 Å². The lowest BCUT2D eigenvalue weighted by Crippen LogP contribution is -2.48. The van der Waals surface area contributed by atoms with Gasteiger partial charge in [-0.1, -0.05) is 0 Å². The van der Waals surface area contributed by atoms with Crippen molar-refractivity contribution in [2.45, 2.75) is 43.7 Å². The summed E-state index contributed by atoms with van der Waals surface area (Å²) in [5.74, 6) is 3.30. The van der Waals surface area contributed by atoms with Crippen molar-refractivity contribution in [3.05, 3.63) is 0 Å². The van der Waals surface area contributed by atoms with Crippen molar-refractivity contribution in [3.8, 4) is 0 Å². The maximum Gasteiger partial charge on any atom is 0.0701 e. The molecule has 2 aliphatic heterocycles. The largest absolute Gasteiger partial charge is 0.385 e. The number of thioether (sulfide) groups is 1. The average Bonchev–Trinajstić information content (AvgIpc) is 2.41. The zero-order chi connectivity index (χ0) is 12.8. The Labute approximate surface area is 115 Å². The minimum Gasteiger partial charge on any atom is -0.385 e. The monoisotopic (exact) mass is 273 g/mol. The summed E-state index contributed by atoms with van der Waals surface area (Å²) in [6.07, 6.45) is 6.04. The normalized spacial score (nSPS) is 29.3. The van der Waals surface area contributed by atoms with Crippen LogP contribution in [0.2, 0.25) is 0 Å². The van der Waals surface area contributed by atoms with Gasteiger partial charge in [-0.25, -0.2) is 0 Å². The van der Waals surface area contributed by atoms with E-state index in [1.165, 1.54) is 37.2 Å². The molecule has 2 aliphatic rings. The fourth-order valence-corrected chi connectivity index (χ4v) is 4.60. The predicted molar refractivity (Wildman–Crippen MR) is 77.3 cm³/mol. The number of nitrogens with one attached hydrogen (secondary N) is 1. The van der Waals surface area contributed by atoms with Crippen LogP contribution in [0.3, 0.4) is 0 Å². The highest BCUT2D eigenvalue weighted by Crippen LogP contribution is 2.40. The van der Waals surface area contributed by atoms with Gasteiger partial charge in [0.05, 0.1) is 5.60 Å². The molecule has 0 amide bonds. The summed E-state index contributed by atoms with van der Waals surface area (Å²) in [7, 11) is 3.87. The fourth-order valence-electron chi connectivity index (χ4n) is 3.36. The lowest BCUT2D eigenvalue weighted by Gasteiger charge is -2.45. The first-order valence-electron chi connectivity index (χ1n) is 7.17. The molecule has 0 aliphatic carbocycles. The van der Waals surface area contributed by atoms with E-state index in [0.717, 1.165) is 25.6 Å². The van der Waals surface area contributed by atoms with E-state index >= 15 is 0 Å². The van der Waals surface area contributed by atoms with E-state index in [4.69, 9.17) is 9.47 Å². The van der Waals surface area contributed by atoms with Gasteiger partial charge < -0.3 is 14.8 Å². The van der Waals surface area contributed by atoms with E-state index in [1.807, 2.05) is 0 Å². The molecular weight excluding hydrogens is 246 g/mol. The van der Waals surface area contributed by atoms with Gasteiger partial charge in [0.25, 0.3) is 0 Å². The van der Waals surface area contributed by atoms with Crippen molar-refractivity contribution in [3.63, 3.8) is 0 Å². The predicted octanol–water partition coefficient (Wildman–Crippen LogP) is 2.30. The highest BCUT2D eigenvalue weighted by atomic mass is 32.2. The number of methoxy groups -OCH3 is 1. The van der Waals surface area contributed by atoms with Gasteiger partial charge >= 0.3 is 0 Å². The zero-order valence-electron chi connectivity index (χ0n) is 11.7. The van der Waals surface area contributed by atoms with Gasteiger partial charge in [-0.2, -0.15) is 11.8 Å². The maximum atomic E-state index is 6.16. The van der Waals surface area contributed by atoms with Crippen LogP contribution in [-0.2, 0) is 9.47 Å². The third-order valence-electron chi connectivity index (χ3n) is 4.51. The second-order valence-corrected chi connectivity index (χ2v) is 6.80. The summed E-state index contributed by atoms with van der Waals surface area (Å²) in [5.41, 5.74) is 0.205. The first kappa shape index (κ1) is 14.6. The Bertz CT molecular complexity index is 238. The molecule has 1 spiro atoms. The van der Waals surface area contributed by atoms with Gasteiger partial charge in [0.1, 0.15) is 0 Å². The van der Waals surface area contributed by atoms with E-state index < -0.39 is 0 Å². The molecule has 2 fully saturated rings. The standard InChI is InChI=1S/C14H27NO2S/c1-15-13(4-7-16-2)12-3-8-17-14(11-12)5-9-18-10-6-14/h12-13,15H,3-11H2,1-2H3. The molecule has 0 saturated carbocycles. The van der Waals surface area contributed by atoms with Gasteiger partial charge in [-0.3, -0.25) is 0 Å². The SMILES string of the molecule is CNC(CCOC)C1CCOC2(CCSCC2)C1. The quantitative estimate of drug-likeness (QED) is 0.832. The Hall–Kier alpha value is 0.230. The summed E-state index contributed by atoms with van der Waals surface area (Å²) in [6, 6.07) is 0.584. The van der Waals surface area contributed by atoms with Crippen LogP contribution in [0.5, 0.6) is 0 Å². The van der Waals surface area contributed by atoms with Gasteiger partial charge in [0, 0.05) is 26.4 Å². The maximum absolute atomic E-state index is 6.16. The molecule has 4 heteroatoms. The Morgan fingerprint density at radius 2 is 2.22 bits per heavy atom. The smallest absolute Gasteiger partial charge is 0.0701 e. The van der Waals surface area contributed by atoms with Crippen molar-refractivity contribution < 1.29 is 9.47 Å². The molecule has 2 heterocycles. The van der Waals surface area contributed by atoms with Crippen molar-refractivity contribution >= 4 is 11.8 Å². The second-order valence-electron chi connectivity index (χ2n) is 5.57. The number of ether oxygens (including phenoxy) is 2. The van der Waals surface area contributed by atoms with Crippen molar-refractivity contribution in [2.24, 2.45) is 5.92 Å². The molecule has 0 radical (unpaired) electrons. The van der Waals surface area contributed by atoms with Crippen LogP contribution in [0, 0.1) is 5.92 Å². The first-order valence-corrected chi connectivity index (χ1v) is 8.33. The summed E-state index contributed by atoms with van der Waals surface area (Å²) in [5, 5.41) is 3.49. The van der Waals surface area contributed by atoms with E-state index in [-0.39, 0.29) is 5.60 Å². The second kappa shape index (κ2) is 7.13. The Balaban J connectivity index is 1.91. The molecule has 0 aromatic rings. The molecule has 2 atom stereocenters. The van der Waals surface area contributed by atoms with E-state index in [0.29, 0.717) is 6.04 Å². The molecular formula is C14H27NO2S. The van der Waals surface area contributed by atoms with Crippen molar-refractivity contribution in [1.82, 2.24) is 5.32 Å². The van der Waals surface area contributed by atoms with Gasteiger partial charge in [0.15, 0.2) is 0 Å². The van der Waals surface area contributed by atoms with Crippen LogP contribution < -0.4 is 5.32 Å². The van der Waals surface area contributed by atoms with Crippen LogP contribution in [0.25, 0.3) is 0 Å². The number of hydrogen-bond donors (Lipinski definition) is 1. The van der Waals surface area contributed by atoms with Crippen LogP contribution >= 0.6 is 11.8 Å². The topological polar surface area (TPSA) is 30.5 Å². The van der Waals surface area contributed by atoms with Gasteiger partial charge in [-0.05, 0) is 56.6 Å². The van der Waals surface area contributed by atoms with Gasteiger partial charge in [0.2, 0.25) is 0 Å².